The fourth-order valence-corrected chi connectivity index (χ4v) is 1.49. The van der Waals surface area contributed by atoms with Gasteiger partial charge in [0.05, 0.1) is 0 Å². The van der Waals surface area contributed by atoms with Gasteiger partial charge in [-0.1, -0.05) is 36.8 Å². The smallest absolute Gasteiger partial charge is 0.0332 e. The maximum atomic E-state index is 6.03. The molecule has 1 unspecified atom stereocenters. The summed E-state index contributed by atoms with van der Waals surface area (Å²) in [6.07, 6.45) is 1.95. The van der Waals surface area contributed by atoms with Crippen molar-refractivity contribution in [2.75, 3.05) is 0 Å². The van der Waals surface area contributed by atoms with Crippen LogP contribution in [0.15, 0.2) is 36.4 Å². The Bertz CT molecular complexity index is 298. The molecule has 0 radical (unpaired) electrons. The summed E-state index contributed by atoms with van der Waals surface area (Å²) in [7, 11) is 0. The van der Waals surface area contributed by atoms with Crippen molar-refractivity contribution in [2.45, 2.75) is 32.7 Å². The Morgan fingerprint density at radius 2 is 1.93 bits per heavy atom. The zero-order chi connectivity index (χ0) is 10.6. The highest BCUT2D eigenvalue weighted by atomic mass is 14.6. The van der Waals surface area contributed by atoms with Gasteiger partial charge in [-0.25, -0.2) is 0 Å². The molecule has 1 heteroatoms. The zero-order valence-electron chi connectivity index (χ0n) is 9.09. The summed E-state index contributed by atoms with van der Waals surface area (Å²) in [6, 6.07) is 8.62. The summed E-state index contributed by atoms with van der Waals surface area (Å²) in [5.41, 5.74) is 9.72. The second kappa shape index (κ2) is 4.97. The van der Waals surface area contributed by atoms with E-state index in [4.69, 9.17) is 5.73 Å². The Morgan fingerprint density at radius 3 is 2.36 bits per heavy atom. The van der Waals surface area contributed by atoms with Gasteiger partial charge in [-0.3, -0.25) is 0 Å². The Labute approximate surface area is 86.6 Å². The first-order chi connectivity index (χ1) is 6.63. The van der Waals surface area contributed by atoms with Gasteiger partial charge < -0.3 is 5.73 Å². The Morgan fingerprint density at radius 1 is 1.36 bits per heavy atom. The number of rotatable bonds is 4. The van der Waals surface area contributed by atoms with Crippen LogP contribution in [0, 0.1) is 0 Å². The van der Waals surface area contributed by atoms with Crippen LogP contribution in [0.4, 0.5) is 0 Å². The number of aryl methyl sites for hydroxylation is 1. The van der Waals surface area contributed by atoms with E-state index >= 15 is 0 Å². The van der Waals surface area contributed by atoms with Crippen molar-refractivity contribution < 1.29 is 0 Å². The molecule has 0 saturated heterocycles. The molecule has 0 aromatic heterocycles. The van der Waals surface area contributed by atoms with E-state index in [0.717, 1.165) is 18.4 Å². The molecule has 0 heterocycles. The number of hydrogen-bond donors (Lipinski definition) is 1. The number of benzene rings is 1. The highest BCUT2D eigenvalue weighted by Crippen LogP contribution is 2.18. The average Bonchev–Trinajstić information content (AvgIpc) is 2.17. The number of nitrogens with two attached hydrogens (primary N) is 1. The normalized spacial score (nSPS) is 12.5. The molecule has 1 aromatic carbocycles. The van der Waals surface area contributed by atoms with Gasteiger partial charge in [0, 0.05) is 6.04 Å². The first kappa shape index (κ1) is 11.0. The lowest BCUT2D eigenvalue weighted by molar-refractivity contribution is 0.717. The van der Waals surface area contributed by atoms with Gasteiger partial charge in [0.1, 0.15) is 0 Å². The molecule has 0 aliphatic carbocycles. The molecule has 2 N–H and O–H groups in total. The molecule has 0 aliphatic rings. The van der Waals surface area contributed by atoms with Gasteiger partial charge in [0.15, 0.2) is 0 Å². The van der Waals surface area contributed by atoms with Crippen LogP contribution in [-0.2, 0) is 6.42 Å². The SMILES string of the molecule is C=C(C)CC(N)c1ccc(CC)cc1. The predicted molar refractivity (Wildman–Crippen MR) is 62.2 cm³/mol. The van der Waals surface area contributed by atoms with Gasteiger partial charge in [-0.2, -0.15) is 0 Å². The van der Waals surface area contributed by atoms with Crippen molar-refractivity contribution in [1.82, 2.24) is 0 Å². The molecular weight excluding hydrogens is 170 g/mol. The average molecular weight is 189 g/mol. The van der Waals surface area contributed by atoms with E-state index in [1.54, 1.807) is 0 Å². The highest BCUT2D eigenvalue weighted by Gasteiger charge is 2.05. The molecule has 0 saturated carbocycles. The molecule has 76 valence electrons. The summed E-state index contributed by atoms with van der Waals surface area (Å²) in [4.78, 5) is 0. The second-order valence-electron chi connectivity index (χ2n) is 3.86. The lowest BCUT2D eigenvalue weighted by atomic mass is 10.00. The van der Waals surface area contributed by atoms with Crippen LogP contribution in [0.1, 0.15) is 37.4 Å². The van der Waals surface area contributed by atoms with E-state index in [1.165, 1.54) is 11.1 Å². The Hall–Kier alpha value is -1.08. The van der Waals surface area contributed by atoms with Gasteiger partial charge in [-0.05, 0) is 30.9 Å². The standard InChI is InChI=1S/C13H19N/c1-4-11-5-7-12(8-6-11)13(14)9-10(2)3/h5-8,13H,2,4,9,14H2,1,3H3. The van der Waals surface area contributed by atoms with Crippen LogP contribution in [0.5, 0.6) is 0 Å². The van der Waals surface area contributed by atoms with Crippen molar-refractivity contribution in [3.05, 3.63) is 47.5 Å². The van der Waals surface area contributed by atoms with Crippen molar-refractivity contribution in [1.29, 1.82) is 0 Å². The Kier molecular flexibility index (Phi) is 3.90. The molecule has 0 fully saturated rings. The fraction of sp³-hybridized carbons (Fsp3) is 0.385. The van der Waals surface area contributed by atoms with Crippen molar-refractivity contribution in [3.63, 3.8) is 0 Å². The van der Waals surface area contributed by atoms with Crippen LogP contribution in [0.3, 0.4) is 0 Å². The van der Waals surface area contributed by atoms with Gasteiger partial charge in [-0.15, -0.1) is 6.58 Å². The van der Waals surface area contributed by atoms with Gasteiger partial charge >= 0.3 is 0 Å². The van der Waals surface area contributed by atoms with Crippen molar-refractivity contribution in [3.8, 4) is 0 Å². The lowest BCUT2D eigenvalue weighted by Gasteiger charge is -2.12. The first-order valence-electron chi connectivity index (χ1n) is 5.12. The highest BCUT2D eigenvalue weighted by molar-refractivity contribution is 5.25. The van der Waals surface area contributed by atoms with E-state index in [-0.39, 0.29) is 6.04 Å². The molecule has 1 aromatic rings. The van der Waals surface area contributed by atoms with E-state index < -0.39 is 0 Å². The van der Waals surface area contributed by atoms with Crippen LogP contribution in [0.25, 0.3) is 0 Å². The minimum absolute atomic E-state index is 0.0957. The largest absolute Gasteiger partial charge is 0.324 e. The van der Waals surface area contributed by atoms with Gasteiger partial charge in [0.25, 0.3) is 0 Å². The Balaban J connectivity index is 2.71. The van der Waals surface area contributed by atoms with Crippen LogP contribution >= 0.6 is 0 Å². The predicted octanol–water partition coefficient (Wildman–Crippen LogP) is 3.22. The molecule has 1 atom stereocenters. The van der Waals surface area contributed by atoms with E-state index in [0.29, 0.717) is 0 Å². The molecule has 1 rings (SSSR count). The molecular formula is C13H19N. The van der Waals surface area contributed by atoms with Gasteiger partial charge in [0.2, 0.25) is 0 Å². The third-order valence-corrected chi connectivity index (χ3v) is 2.38. The molecule has 14 heavy (non-hydrogen) atoms. The lowest BCUT2D eigenvalue weighted by Crippen LogP contribution is -2.10. The summed E-state index contributed by atoms with van der Waals surface area (Å²) in [5.74, 6) is 0. The van der Waals surface area contributed by atoms with E-state index in [2.05, 4.69) is 37.8 Å². The second-order valence-corrected chi connectivity index (χ2v) is 3.86. The monoisotopic (exact) mass is 189 g/mol. The molecule has 0 aliphatic heterocycles. The van der Waals surface area contributed by atoms with E-state index in [1.807, 2.05) is 6.92 Å². The summed E-state index contributed by atoms with van der Waals surface area (Å²) in [6.45, 7) is 8.04. The first-order valence-corrected chi connectivity index (χ1v) is 5.12. The van der Waals surface area contributed by atoms with Crippen molar-refractivity contribution in [2.24, 2.45) is 5.73 Å². The quantitative estimate of drug-likeness (QED) is 0.723. The molecule has 0 bridgehead atoms. The molecule has 0 spiro atoms. The van der Waals surface area contributed by atoms with Crippen molar-refractivity contribution >= 4 is 0 Å². The zero-order valence-corrected chi connectivity index (χ0v) is 9.09. The fourth-order valence-electron chi connectivity index (χ4n) is 1.49. The minimum Gasteiger partial charge on any atom is -0.324 e. The van der Waals surface area contributed by atoms with Crippen LogP contribution in [-0.4, -0.2) is 0 Å². The maximum Gasteiger partial charge on any atom is 0.0332 e. The summed E-state index contributed by atoms with van der Waals surface area (Å²) < 4.78 is 0. The maximum absolute atomic E-state index is 6.03. The summed E-state index contributed by atoms with van der Waals surface area (Å²) in [5, 5.41) is 0. The molecule has 0 amide bonds. The number of hydrogen-bond acceptors (Lipinski definition) is 1. The third kappa shape index (κ3) is 3.00. The summed E-state index contributed by atoms with van der Waals surface area (Å²) >= 11 is 0. The van der Waals surface area contributed by atoms with E-state index in [9.17, 15) is 0 Å². The van der Waals surface area contributed by atoms with Crippen LogP contribution in [0.2, 0.25) is 0 Å². The molecule has 1 nitrogen and oxygen atoms in total. The third-order valence-electron chi connectivity index (χ3n) is 2.38. The topological polar surface area (TPSA) is 26.0 Å². The van der Waals surface area contributed by atoms with Crippen LogP contribution < -0.4 is 5.73 Å². The minimum atomic E-state index is 0.0957.